The molecule has 1 aromatic carbocycles. The first kappa shape index (κ1) is 16.4. The van der Waals surface area contributed by atoms with Gasteiger partial charge in [-0.2, -0.15) is 0 Å². The lowest BCUT2D eigenvalue weighted by molar-refractivity contribution is -0.124. The van der Waals surface area contributed by atoms with Crippen molar-refractivity contribution in [2.75, 3.05) is 13.2 Å². The third kappa shape index (κ3) is 5.13. The molecule has 0 saturated heterocycles. The first-order valence-corrected chi connectivity index (χ1v) is 6.42. The lowest BCUT2D eigenvalue weighted by Gasteiger charge is -2.21. The zero-order chi connectivity index (χ0) is 15.1. The predicted molar refractivity (Wildman–Crippen MR) is 70.3 cm³/mol. The minimum absolute atomic E-state index is 0.0312. The van der Waals surface area contributed by atoms with E-state index in [0.29, 0.717) is 12.5 Å². The Balaban J connectivity index is 2.50. The van der Waals surface area contributed by atoms with E-state index >= 15 is 0 Å². The summed E-state index contributed by atoms with van der Waals surface area (Å²) in [6.07, 6.45) is 0.439. The van der Waals surface area contributed by atoms with Gasteiger partial charge in [0.05, 0.1) is 0 Å². The molecule has 6 heteroatoms. The van der Waals surface area contributed by atoms with Gasteiger partial charge in [0.15, 0.2) is 18.2 Å². The topological polar surface area (TPSA) is 58.6 Å². The van der Waals surface area contributed by atoms with Crippen molar-refractivity contribution in [3.05, 3.63) is 29.8 Å². The Hall–Kier alpha value is -1.69. The summed E-state index contributed by atoms with van der Waals surface area (Å²) in [5.41, 5.74) is 0. The molecule has 1 unspecified atom stereocenters. The number of ether oxygens (including phenoxy) is 1. The summed E-state index contributed by atoms with van der Waals surface area (Å²) in [6, 6.07) is 2.70. The molecule has 0 aliphatic carbocycles. The van der Waals surface area contributed by atoms with Crippen molar-refractivity contribution in [1.82, 2.24) is 5.32 Å². The molecular weight excluding hydrogens is 268 g/mol. The number of hydrogen-bond acceptors (Lipinski definition) is 3. The smallest absolute Gasteiger partial charge is 0.258 e. The van der Waals surface area contributed by atoms with Crippen molar-refractivity contribution in [2.24, 2.45) is 5.92 Å². The van der Waals surface area contributed by atoms with Gasteiger partial charge in [0.1, 0.15) is 5.82 Å². The second kappa shape index (κ2) is 7.79. The van der Waals surface area contributed by atoms with Crippen LogP contribution in [0.2, 0.25) is 0 Å². The molecular formula is C14H19F2NO3. The van der Waals surface area contributed by atoms with Gasteiger partial charge < -0.3 is 15.2 Å². The van der Waals surface area contributed by atoms with E-state index in [1.807, 2.05) is 13.8 Å². The van der Waals surface area contributed by atoms with Gasteiger partial charge in [-0.1, -0.05) is 13.8 Å². The van der Waals surface area contributed by atoms with E-state index in [1.165, 1.54) is 0 Å². The Labute approximate surface area is 116 Å². The molecule has 0 aliphatic rings. The maximum atomic E-state index is 13.3. The molecule has 1 amide bonds. The summed E-state index contributed by atoms with van der Waals surface area (Å²) in [7, 11) is 0. The molecule has 0 saturated carbocycles. The van der Waals surface area contributed by atoms with Gasteiger partial charge in [-0.25, -0.2) is 8.78 Å². The van der Waals surface area contributed by atoms with E-state index in [0.717, 1.165) is 12.1 Å². The number of rotatable bonds is 7. The van der Waals surface area contributed by atoms with Gasteiger partial charge in [-0.3, -0.25) is 4.79 Å². The van der Waals surface area contributed by atoms with Crippen molar-refractivity contribution in [2.45, 2.75) is 26.3 Å². The molecule has 0 aromatic heterocycles. The fourth-order valence-electron chi connectivity index (χ4n) is 1.70. The predicted octanol–water partition coefficient (Wildman–Crippen LogP) is 1.87. The molecule has 0 aliphatic heterocycles. The van der Waals surface area contributed by atoms with Crippen LogP contribution in [0.4, 0.5) is 8.78 Å². The monoisotopic (exact) mass is 287 g/mol. The summed E-state index contributed by atoms with van der Waals surface area (Å²) in [5, 5.41) is 11.6. The highest BCUT2D eigenvalue weighted by Gasteiger charge is 2.16. The molecule has 0 bridgehead atoms. The third-order valence-corrected chi connectivity index (χ3v) is 2.84. The minimum Gasteiger partial charge on any atom is -0.481 e. The van der Waals surface area contributed by atoms with Crippen molar-refractivity contribution in [3.8, 4) is 5.75 Å². The fraction of sp³-hybridized carbons (Fsp3) is 0.500. The Bertz CT molecular complexity index is 452. The van der Waals surface area contributed by atoms with E-state index in [2.05, 4.69) is 5.32 Å². The molecule has 20 heavy (non-hydrogen) atoms. The number of benzene rings is 1. The fourth-order valence-corrected chi connectivity index (χ4v) is 1.70. The van der Waals surface area contributed by atoms with Crippen molar-refractivity contribution in [1.29, 1.82) is 0 Å². The standard InChI is InChI=1S/C14H19F2NO3/c1-9(2)12(5-6-18)17-14(19)8-20-13-4-3-10(15)7-11(13)16/h3-4,7,9,12,18H,5-6,8H2,1-2H3,(H,17,19). The zero-order valence-electron chi connectivity index (χ0n) is 11.5. The SMILES string of the molecule is CC(C)C(CCO)NC(=O)COc1ccc(F)cc1F. The summed E-state index contributed by atoms with van der Waals surface area (Å²) < 4.78 is 31.0. The average molecular weight is 287 g/mol. The molecule has 1 atom stereocenters. The number of hydrogen-bond donors (Lipinski definition) is 2. The van der Waals surface area contributed by atoms with Crippen LogP contribution in [-0.4, -0.2) is 30.3 Å². The number of aliphatic hydroxyl groups excluding tert-OH is 1. The number of carbonyl (C=O) groups excluding carboxylic acids is 1. The number of nitrogens with one attached hydrogen (secondary N) is 1. The molecule has 1 aromatic rings. The molecule has 2 N–H and O–H groups in total. The first-order valence-electron chi connectivity index (χ1n) is 6.42. The number of amides is 1. The van der Waals surface area contributed by atoms with Gasteiger partial charge in [-0.15, -0.1) is 0 Å². The Morgan fingerprint density at radius 1 is 1.40 bits per heavy atom. The van der Waals surface area contributed by atoms with E-state index in [1.54, 1.807) is 0 Å². The van der Waals surface area contributed by atoms with Crippen LogP contribution in [0.25, 0.3) is 0 Å². The Morgan fingerprint density at radius 3 is 2.65 bits per heavy atom. The zero-order valence-corrected chi connectivity index (χ0v) is 11.5. The summed E-state index contributed by atoms with van der Waals surface area (Å²) >= 11 is 0. The number of aliphatic hydroxyl groups is 1. The van der Waals surface area contributed by atoms with Crippen LogP contribution in [0, 0.1) is 17.6 Å². The van der Waals surface area contributed by atoms with Crippen molar-refractivity contribution in [3.63, 3.8) is 0 Å². The highest BCUT2D eigenvalue weighted by atomic mass is 19.1. The maximum Gasteiger partial charge on any atom is 0.258 e. The van der Waals surface area contributed by atoms with Crippen LogP contribution in [-0.2, 0) is 4.79 Å². The lowest BCUT2D eigenvalue weighted by Crippen LogP contribution is -2.41. The van der Waals surface area contributed by atoms with Crippen LogP contribution in [0.15, 0.2) is 18.2 Å². The van der Waals surface area contributed by atoms with E-state index in [-0.39, 0.29) is 30.9 Å². The molecule has 1 rings (SSSR count). The molecule has 0 spiro atoms. The third-order valence-electron chi connectivity index (χ3n) is 2.84. The molecule has 0 fully saturated rings. The van der Waals surface area contributed by atoms with Gasteiger partial charge in [0.25, 0.3) is 5.91 Å². The van der Waals surface area contributed by atoms with Gasteiger partial charge in [-0.05, 0) is 24.5 Å². The van der Waals surface area contributed by atoms with Crippen LogP contribution in [0.1, 0.15) is 20.3 Å². The highest BCUT2D eigenvalue weighted by molar-refractivity contribution is 5.77. The Morgan fingerprint density at radius 2 is 2.10 bits per heavy atom. The van der Waals surface area contributed by atoms with Crippen LogP contribution in [0.5, 0.6) is 5.75 Å². The van der Waals surface area contributed by atoms with E-state index in [4.69, 9.17) is 9.84 Å². The molecule has 0 heterocycles. The Kier molecular flexibility index (Phi) is 6.38. The maximum absolute atomic E-state index is 13.3. The quantitative estimate of drug-likeness (QED) is 0.805. The highest BCUT2D eigenvalue weighted by Crippen LogP contribution is 2.17. The second-order valence-corrected chi connectivity index (χ2v) is 4.79. The van der Waals surface area contributed by atoms with Gasteiger partial charge in [0.2, 0.25) is 0 Å². The average Bonchev–Trinajstić information content (AvgIpc) is 2.37. The molecule has 0 radical (unpaired) electrons. The van der Waals surface area contributed by atoms with Gasteiger partial charge in [0, 0.05) is 18.7 Å². The largest absolute Gasteiger partial charge is 0.481 e. The minimum atomic E-state index is -0.853. The summed E-state index contributed by atoms with van der Waals surface area (Å²) in [4.78, 5) is 11.7. The van der Waals surface area contributed by atoms with Gasteiger partial charge >= 0.3 is 0 Å². The van der Waals surface area contributed by atoms with Crippen molar-refractivity contribution < 1.29 is 23.4 Å². The van der Waals surface area contributed by atoms with Crippen LogP contribution >= 0.6 is 0 Å². The van der Waals surface area contributed by atoms with E-state index < -0.39 is 17.5 Å². The van der Waals surface area contributed by atoms with Crippen LogP contribution in [0.3, 0.4) is 0 Å². The first-order chi connectivity index (χ1) is 9.43. The number of carbonyl (C=O) groups is 1. The summed E-state index contributed by atoms with van der Waals surface area (Å²) in [5.74, 6) is -1.99. The molecule has 4 nitrogen and oxygen atoms in total. The van der Waals surface area contributed by atoms with Crippen LogP contribution < -0.4 is 10.1 Å². The lowest BCUT2D eigenvalue weighted by atomic mass is 10.0. The van der Waals surface area contributed by atoms with Crippen molar-refractivity contribution >= 4 is 5.91 Å². The molecule has 112 valence electrons. The second-order valence-electron chi connectivity index (χ2n) is 4.79. The normalized spacial score (nSPS) is 12.3. The summed E-state index contributed by atoms with van der Waals surface area (Å²) in [6.45, 7) is 3.44. The number of halogens is 2. The van der Waals surface area contributed by atoms with E-state index in [9.17, 15) is 13.6 Å².